The lowest BCUT2D eigenvalue weighted by atomic mass is 10.3. The number of nitrogens with zero attached hydrogens (tertiary/aromatic N) is 1. The summed E-state index contributed by atoms with van der Waals surface area (Å²) in [6, 6.07) is 4.48. The third-order valence-corrected chi connectivity index (χ3v) is 2.55. The minimum atomic E-state index is -0.345. The molecule has 2 aromatic rings. The van der Waals surface area contributed by atoms with Crippen molar-refractivity contribution in [2.75, 3.05) is 5.32 Å². The number of rotatable bonds is 3. The highest BCUT2D eigenvalue weighted by Crippen LogP contribution is 2.22. The summed E-state index contributed by atoms with van der Waals surface area (Å²) >= 11 is 11.6. The van der Waals surface area contributed by atoms with Crippen molar-refractivity contribution in [2.24, 2.45) is 0 Å². The van der Waals surface area contributed by atoms with E-state index in [2.05, 4.69) is 20.6 Å². The third kappa shape index (κ3) is 3.65. The number of aromatic amines is 1. The van der Waals surface area contributed by atoms with Crippen molar-refractivity contribution >= 4 is 34.9 Å². The zero-order chi connectivity index (χ0) is 13.0. The lowest BCUT2D eigenvalue weighted by Gasteiger charge is -2.07. The van der Waals surface area contributed by atoms with Crippen LogP contribution in [0.2, 0.25) is 10.0 Å². The predicted octanol–water partition coefficient (Wildman–Crippen LogP) is 3.04. The van der Waals surface area contributed by atoms with E-state index in [9.17, 15) is 4.79 Å². The first-order valence-corrected chi connectivity index (χ1v) is 5.87. The number of carbonyl (C=O) groups excluding carboxylic acids is 1. The van der Waals surface area contributed by atoms with Crippen LogP contribution in [0.15, 0.2) is 30.7 Å². The van der Waals surface area contributed by atoms with Gasteiger partial charge in [-0.25, -0.2) is 9.78 Å². The average Bonchev–Trinajstić information content (AvgIpc) is 2.77. The maximum Gasteiger partial charge on any atom is 0.319 e. The van der Waals surface area contributed by atoms with E-state index in [1.807, 2.05) is 0 Å². The van der Waals surface area contributed by atoms with Crippen LogP contribution in [0, 0.1) is 0 Å². The summed E-state index contributed by atoms with van der Waals surface area (Å²) in [6.07, 6.45) is 3.18. The Balaban J connectivity index is 1.90. The lowest BCUT2D eigenvalue weighted by Crippen LogP contribution is -2.28. The lowest BCUT2D eigenvalue weighted by molar-refractivity contribution is 0.251. The second kappa shape index (κ2) is 5.75. The normalized spacial score (nSPS) is 10.1. The van der Waals surface area contributed by atoms with Gasteiger partial charge in [-0.3, -0.25) is 0 Å². The average molecular weight is 285 g/mol. The molecule has 0 unspecified atom stereocenters. The van der Waals surface area contributed by atoms with Crippen molar-refractivity contribution in [3.63, 3.8) is 0 Å². The maximum absolute atomic E-state index is 11.6. The summed E-state index contributed by atoms with van der Waals surface area (Å²) in [5.41, 5.74) is 1.35. The number of H-pyrrole nitrogens is 1. The largest absolute Gasteiger partial charge is 0.347 e. The highest BCUT2D eigenvalue weighted by molar-refractivity contribution is 6.35. The number of halogens is 2. The predicted molar refractivity (Wildman–Crippen MR) is 70.9 cm³/mol. The van der Waals surface area contributed by atoms with Gasteiger partial charge in [0, 0.05) is 21.9 Å². The standard InChI is InChI=1S/C11H10Cl2N4O/c12-7-1-8(13)3-9(2-7)17-11(18)15-5-10-4-14-6-16-10/h1-4,6H,5H2,(H,14,16)(H2,15,17,18). The molecule has 18 heavy (non-hydrogen) atoms. The summed E-state index contributed by atoms with van der Waals surface area (Å²) in [4.78, 5) is 18.3. The van der Waals surface area contributed by atoms with E-state index in [-0.39, 0.29) is 6.03 Å². The highest BCUT2D eigenvalue weighted by atomic mass is 35.5. The van der Waals surface area contributed by atoms with Crippen LogP contribution in [0.25, 0.3) is 0 Å². The van der Waals surface area contributed by atoms with Crippen LogP contribution in [0.1, 0.15) is 5.69 Å². The molecule has 5 nitrogen and oxygen atoms in total. The minimum Gasteiger partial charge on any atom is -0.347 e. The SMILES string of the molecule is O=C(NCc1cnc[nH]1)Nc1cc(Cl)cc(Cl)c1. The molecule has 0 aliphatic rings. The molecule has 0 saturated heterocycles. The zero-order valence-electron chi connectivity index (χ0n) is 9.21. The van der Waals surface area contributed by atoms with Gasteiger partial charge in [-0.1, -0.05) is 23.2 Å². The smallest absolute Gasteiger partial charge is 0.319 e. The number of amides is 2. The molecule has 2 rings (SSSR count). The molecule has 0 fully saturated rings. The molecule has 0 radical (unpaired) electrons. The van der Waals surface area contributed by atoms with Gasteiger partial charge in [0.25, 0.3) is 0 Å². The molecule has 7 heteroatoms. The minimum absolute atomic E-state index is 0.345. The summed E-state index contributed by atoms with van der Waals surface area (Å²) in [5.74, 6) is 0. The first kappa shape index (κ1) is 12.7. The fourth-order valence-corrected chi connectivity index (χ4v) is 1.88. The molecule has 0 bridgehead atoms. The van der Waals surface area contributed by atoms with Crippen molar-refractivity contribution < 1.29 is 4.79 Å². The van der Waals surface area contributed by atoms with E-state index in [4.69, 9.17) is 23.2 Å². The molecule has 0 spiro atoms. The maximum atomic E-state index is 11.6. The Morgan fingerprint density at radius 1 is 1.28 bits per heavy atom. The van der Waals surface area contributed by atoms with E-state index < -0.39 is 0 Å². The van der Waals surface area contributed by atoms with Crippen LogP contribution in [0.4, 0.5) is 10.5 Å². The Morgan fingerprint density at radius 2 is 2.00 bits per heavy atom. The van der Waals surface area contributed by atoms with Crippen LogP contribution < -0.4 is 10.6 Å². The second-order valence-electron chi connectivity index (χ2n) is 3.54. The van der Waals surface area contributed by atoms with E-state index in [0.717, 1.165) is 5.69 Å². The van der Waals surface area contributed by atoms with E-state index in [0.29, 0.717) is 22.3 Å². The van der Waals surface area contributed by atoms with Gasteiger partial charge in [-0.05, 0) is 18.2 Å². The Labute approximate surface area is 114 Å². The van der Waals surface area contributed by atoms with Gasteiger partial charge in [0.1, 0.15) is 0 Å². The van der Waals surface area contributed by atoms with Crippen LogP contribution in [-0.2, 0) is 6.54 Å². The van der Waals surface area contributed by atoms with Crippen LogP contribution in [0.3, 0.4) is 0 Å². The quantitative estimate of drug-likeness (QED) is 0.811. The van der Waals surface area contributed by atoms with Gasteiger partial charge < -0.3 is 15.6 Å². The van der Waals surface area contributed by atoms with Gasteiger partial charge in [0.15, 0.2) is 0 Å². The molecule has 1 aromatic heterocycles. The Hall–Kier alpha value is -1.72. The molecule has 94 valence electrons. The Bertz CT molecular complexity index is 522. The molecule has 0 aliphatic heterocycles. The first-order valence-electron chi connectivity index (χ1n) is 5.11. The first-order chi connectivity index (χ1) is 8.63. The van der Waals surface area contributed by atoms with Gasteiger partial charge in [0.2, 0.25) is 0 Å². The number of benzene rings is 1. The molecular weight excluding hydrogens is 275 g/mol. The summed E-state index contributed by atoms with van der Waals surface area (Å²) in [6.45, 7) is 0.361. The van der Waals surface area contributed by atoms with Gasteiger partial charge in [-0.2, -0.15) is 0 Å². The number of hydrogen-bond acceptors (Lipinski definition) is 2. The highest BCUT2D eigenvalue weighted by Gasteiger charge is 2.04. The molecule has 1 heterocycles. The number of nitrogens with one attached hydrogen (secondary N) is 3. The van der Waals surface area contributed by atoms with Crippen molar-refractivity contribution in [1.82, 2.24) is 15.3 Å². The Kier molecular flexibility index (Phi) is 4.07. The van der Waals surface area contributed by atoms with E-state index >= 15 is 0 Å². The van der Waals surface area contributed by atoms with E-state index in [1.54, 1.807) is 30.7 Å². The number of carbonyl (C=O) groups is 1. The van der Waals surface area contributed by atoms with Crippen LogP contribution in [0.5, 0.6) is 0 Å². The third-order valence-electron chi connectivity index (χ3n) is 2.11. The fraction of sp³-hybridized carbons (Fsp3) is 0.0909. The molecule has 0 saturated carbocycles. The number of hydrogen-bond donors (Lipinski definition) is 3. The van der Waals surface area contributed by atoms with Gasteiger partial charge >= 0.3 is 6.03 Å². The molecule has 0 aliphatic carbocycles. The van der Waals surface area contributed by atoms with Gasteiger partial charge in [-0.15, -0.1) is 0 Å². The molecule has 3 N–H and O–H groups in total. The number of imidazole rings is 1. The monoisotopic (exact) mass is 284 g/mol. The number of anilines is 1. The van der Waals surface area contributed by atoms with Gasteiger partial charge in [0.05, 0.1) is 18.6 Å². The second-order valence-corrected chi connectivity index (χ2v) is 4.42. The summed E-state index contributed by atoms with van der Waals surface area (Å²) in [5, 5.41) is 6.23. The number of urea groups is 1. The molecule has 1 aromatic carbocycles. The number of aromatic nitrogens is 2. The molecule has 2 amide bonds. The topological polar surface area (TPSA) is 69.8 Å². The van der Waals surface area contributed by atoms with Crippen LogP contribution in [-0.4, -0.2) is 16.0 Å². The van der Waals surface area contributed by atoms with Crippen LogP contribution >= 0.6 is 23.2 Å². The van der Waals surface area contributed by atoms with Crippen molar-refractivity contribution in [2.45, 2.75) is 6.54 Å². The fourth-order valence-electron chi connectivity index (χ4n) is 1.36. The zero-order valence-corrected chi connectivity index (χ0v) is 10.7. The summed E-state index contributed by atoms with van der Waals surface area (Å²) < 4.78 is 0. The van der Waals surface area contributed by atoms with E-state index in [1.165, 1.54) is 0 Å². The molecular formula is C11H10Cl2N4O. The molecule has 0 atom stereocenters. The van der Waals surface area contributed by atoms with Crippen molar-refractivity contribution in [3.05, 3.63) is 46.5 Å². The Morgan fingerprint density at radius 3 is 2.61 bits per heavy atom. The van der Waals surface area contributed by atoms with Crippen molar-refractivity contribution in [1.29, 1.82) is 0 Å². The van der Waals surface area contributed by atoms with Crippen molar-refractivity contribution in [3.8, 4) is 0 Å². The summed E-state index contributed by atoms with van der Waals surface area (Å²) in [7, 11) is 0.